The highest BCUT2D eigenvalue weighted by Crippen LogP contribution is 2.30. The lowest BCUT2D eigenvalue weighted by Gasteiger charge is -2.25. The van der Waals surface area contributed by atoms with Crippen molar-refractivity contribution in [3.8, 4) is 23.3 Å². The summed E-state index contributed by atoms with van der Waals surface area (Å²) in [4.78, 5) is 12.0. The van der Waals surface area contributed by atoms with Crippen LogP contribution in [0, 0.1) is 11.8 Å². The summed E-state index contributed by atoms with van der Waals surface area (Å²) in [6.45, 7) is 0.476. The highest BCUT2D eigenvalue weighted by molar-refractivity contribution is 5.82. The second-order valence-electron chi connectivity index (χ2n) is 4.75. The van der Waals surface area contributed by atoms with Gasteiger partial charge in [0.05, 0.1) is 6.54 Å². The molecule has 0 aliphatic carbocycles. The van der Waals surface area contributed by atoms with Crippen LogP contribution in [-0.4, -0.2) is 25.2 Å². The molecule has 3 rings (SSSR count). The van der Waals surface area contributed by atoms with Gasteiger partial charge in [-0.05, 0) is 24.3 Å². The maximum absolute atomic E-state index is 12.0. The molecule has 2 aromatic carbocycles. The van der Waals surface area contributed by atoms with E-state index in [1.807, 2.05) is 48.5 Å². The summed E-state index contributed by atoms with van der Waals surface area (Å²) < 4.78 is 11.1. The number of carbonyl (C=O) groups excluding carboxylic acids is 1. The number of para-hydroxylation sites is 2. The largest absolute Gasteiger partial charge is 0.485 e. The van der Waals surface area contributed by atoms with Crippen molar-refractivity contribution in [3.63, 3.8) is 0 Å². The number of nitrogens with one attached hydrogen (secondary N) is 1. The summed E-state index contributed by atoms with van der Waals surface area (Å²) in [5.41, 5.74) is 0.919. The van der Waals surface area contributed by atoms with Gasteiger partial charge in [-0.3, -0.25) is 4.79 Å². The van der Waals surface area contributed by atoms with Crippen molar-refractivity contribution in [1.29, 1.82) is 0 Å². The molecule has 1 N–H and O–H groups in total. The van der Waals surface area contributed by atoms with Crippen molar-refractivity contribution < 1.29 is 14.3 Å². The maximum atomic E-state index is 12.0. The van der Waals surface area contributed by atoms with Gasteiger partial charge in [-0.2, -0.15) is 0 Å². The minimum atomic E-state index is -0.645. The molecule has 1 heterocycles. The summed E-state index contributed by atoms with van der Waals surface area (Å²) in [5.74, 6) is 6.92. The maximum Gasteiger partial charge on any atom is 0.265 e. The second kappa shape index (κ2) is 6.68. The molecule has 0 saturated carbocycles. The van der Waals surface area contributed by atoms with E-state index in [4.69, 9.17) is 9.47 Å². The van der Waals surface area contributed by atoms with E-state index in [1.165, 1.54) is 0 Å². The zero-order valence-electron chi connectivity index (χ0n) is 11.9. The fraction of sp³-hybridized carbons (Fsp3) is 0.167. The third-order valence-electron chi connectivity index (χ3n) is 3.16. The number of hydrogen-bond acceptors (Lipinski definition) is 3. The standard InChI is InChI=1S/C18H15NO3/c20-18(19-12-6-9-14-7-2-1-3-8-14)17-13-21-15-10-4-5-11-16(15)22-17/h1-5,7-8,10-11,17H,12-13H2,(H,19,20)/t17-/m0/s1. The molecule has 1 amide bonds. The molecular weight excluding hydrogens is 278 g/mol. The number of amides is 1. The van der Waals surface area contributed by atoms with Crippen LogP contribution in [0.2, 0.25) is 0 Å². The van der Waals surface area contributed by atoms with E-state index in [2.05, 4.69) is 17.2 Å². The average molecular weight is 293 g/mol. The Morgan fingerprint density at radius 3 is 2.64 bits per heavy atom. The molecule has 1 atom stereocenters. The second-order valence-corrected chi connectivity index (χ2v) is 4.75. The van der Waals surface area contributed by atoms with Crippen LogP contribution < -0.4 is 14.8 Å². The van der Waals surface area contributed by atoms with Crippen molar-refractivity contribution in [2.24, 2.45) is 0 Å². The third kappa shape index (κ3) is 3.39. The van der Waals surface area contributed by atoms with Crippen molar-refractivity contribution in [2.45, 2.75) is 6.10 Å². The molecule has 22 heavy (non-hydrogen) atoms. The number of ether oxygens (including phenoxy) is 2. The van der Waals surface area contributed by atoms with E-state index in [0.717, 1.165) is 5.56 Å². The topological polar surface area (TPSA) is 47.6 Å². The molecule has 0 aromatic heterocycles. The first kappa shape index (κ1) is 14.0. The third-order valence-corrected chi connectivity index (χ3v) is 3.16. The molecule has 4 heteroatoms. The molecule has 0 spiro atoms. The van der Waals surface area contributed by atoms with Crippen molar-refractivity contribution in [3.05, 3.63) is 60.2 Å². The molecule has 0 radical (unpaired) electrons. The first-order valence-electron chi connectivity index (χ1n) is 7.03. The smallest absolute Gasteiger partial charge is 0.265 e. The lowest BCUT2D eigenvalue weighted by Crippen LogP contribution is -2.44. The van der Waals surface area contributed by atoms with Crippen LogP contribution >= 0.6 is 0 Å². The molecule has 0 fully saturated rings. The van der Waals surface area contributed by atoms with Crippen LogP contribution in [0.3, 0.4) is 0 Å². The number of fused-ring (bicyclic) bond motifs is 1. The van der Waals surface area contributed by atoms with Gasteiger partial charge in [-0.15, -0.1) is 0 Å². The molecule has 1 aliphatic heterocycles. The Bertz CT molecular complexity index is 716. The summed E-state index contributed by atoms with van der Waals surface area (Å²) >= 11 is 0. The van der Waals surface area contributed by atoms with Gasteiger partial charge < -0.3 is 14.8 Å². The zero-order chi connectivity index (χ0) is 15.2. The van der Waals surface area contributed by atoms with Gasteiger partial charge in [0.1, 0.15) is 6.61 Å². The first-order chi connectivity index (χ1) is 10.8. The first-order valence-corrected chi connectivity index (χ1v) is 7.03. The average Bonchev–Trinajstić information content (AvgIpc) is 2.59. The van der Waals surface area contributed by atoms with E-state index < -0.39 is 6.10 Å². The Hall–Kier alpha value is -2.93. The van der Waals surface area contributed by atoms with Crippen LogP contribution in [0.15, 0.2) is 54.6 Å². The quantitative estimate of drug-likeness (QED) is 0.862. The molecule has 110 valence electrons. The molecule has 0 unspecified atom stereocenters. The van der Waals surface area contributed by atoms with Crippen LogP contribution in [0.25, 0.3) is 0 Å². The normalized spacial score (nSPS) is 15.4. The summed E-state index contributed by atoms with van der Waals surface area (Å²) in [6.07, 6.45) is -0.645. The highest BCUT2D eigenvalue weighted by Gasteiger charge is 2.26. The molecule has 2 aromatic rings. The van der Waals surface area contributed by atoms with Gasteiger partial charge in [-0.25, -0.2) is 0 Å². The van der Waals surface area contributed by atoms with Crippen LogP contribution in [0.5, 0.6) is 11.5 Å². The molecule has 0 bridgehead atoms. The number of rotatable bonds is 2. The predicted octanol–water partition coefficient (Wildman–Crippen LogP) is 1.99. The van der Waals surface area contributed by atoms with Gasteiger partial charge in [0, 0.05) is 5.56 Å². The number of benzene rings is 2. The van der Waals surface area contributed by atoms with Crippen LogP contribution in [0.4, 0.5) is 0 Å². The van der Waals surface area contributed by atoms with Crippen LogP contribution in [-0.2, 0) is 4.79 Å². The lowest BCUT2D eigenvalue weighted by atomic mass is 10.2. The van der Waals surface area contributed by atoms with E-state index in [0.29, 0.717) is 11.5 Å². The SMILES string of the molecule is O=C(NCC#Cc1ccccc1)[C@@H]1COc2ccccc2O1. The van der Waals surface area contributed by atoms with Gasteiger partial charge >= 0.3 is 0 Å². The molecular formula is C18H15NO3. The Labute approximate surface area is 129 Å². The van der Waals surface area contributed by atoms with Gasteiger partial charge in [0.15, 0.2) is 11.5 Å². The minimum absolute atomic E-state index is 0.203. The monoisotopic (exact) mass is 293 g/mol. The van der Waals surface area contributed by atoms with E-state index in [9.17, 15) is 4.79 Å². The van der Waals surface area contributed by atoms with Gasteiger partial charge in [-0.1, -0.05) is 42.2 Å². The summed E-state index contributed by atoms with van der Waals surface area (Å²) in [5, 5.41) is 2.74. The lowest BCUT2D eigenvalue weighted by molar-refractivity contribution is -0.130. The molecule has 1 aliphatic rings. The highest BCUT2D eigenvalue weighted by atomic mass is 16.6. The summed E-state index contributed by atoms with van der Waals surface area (Å²) in [7, 11) is 0. The van der Waals surface area contributed by atoms with E-state index in [1.54, 1.807) is 6.07 Å². The molecule has 4 nitrogen and oxygen atoms in total. The summed E-state index contributed by atoms with van der Waals surface area (Å²) in [6, 6.07) is 16.9. The molecule has 0 saturated heterocycles. The Kier molecular flexibility index (Phi) is 4.26. The van der Waals surface area contributed by atoms with E-state index in [-0.39, 0.29) is 19.1 Å². The van der Waals surface area contributed by atoms with Crippen LogP contribution in [0.1, 0.15) is 5.56 Å². The Morgan fingerprint density at radius 1 is 1.09 bits per heavy atom. The number of hydrogen-bond donors (Lipinski definition) is 1. The Balaban J connectivity index is 1.52. The zero-order valence-corrected chi connectivity index (χ0v) is 11.9. The number of carbonyl (C=O) groups is 1. The minimum Gasteiger partial charge on any atom is -0.485 e. The van der Waals surface area contributed by atoms with Gasteiger partial charge in [0.2, 0.25) is 6.10 Å². The van der Waals surface area contributed by atoms with E-state index >= 15 is 0 Å². The predicted molar refractivity (Wildman–Crippen MR) is 82.7 cm³/mol. The van der Waals surface area contributed by atoms with Crippen molar-refractivity contribution in [1.82, 2.24) is 5.32 Å². The fourth-order valence-corrected chi connectivity index (χ4v) is 2.06. The van der Waals surface area contributed by atoms with Gasteiger partial charge in [0.25, 0.3) is 5.91 Å². The van der Waals surface area contributed by atoms with Crippen molar-refractivity contribution >= 4 is 5.91 Å². The van der Waals surface area contributed by atoms with Crippen molar-refractivity contribution in [2.75, 3.05) is 13.2 Å². The fourth-order valence-electron chi connectivity index (χ4n) is 2.06. The Morgan fingerprint density at radius 2 is 1.82 bits per heavy atom.